The molecule has 0 heterocycles. The van der Waals surface area contributed by atoms with Crippen LogP contribution in [0.15, 0.2) is 0 Å². The second-order valence-corrected chi connectivity index (χ2v) is 6.52. The lowest BCUT2D eigenvalue weighted by Gasteiger charge is -2.06. The number of hydrogen-bond donors (Lipinski definition) is 3. The number of hydrogen-bond acceptors (Lipinski definition) is 4. The largest absolute Gasteiger partial charge is 0.330 e. The Balaban J connectivity index is 0. The first-order chi connectivity index (χ1) is 9.18. The maximum Gasteiger partial charge on any atom is 0.00103 e. The van der Waals surface area contributed by atoms with E-state index in [-0.39, 0.29) is 0 Å². The molecule has 0 bridgehead atoms. The molecule has 4 heteroatoms. The molecule has 118 valence electrons. The van der Waals surface area contributed by atoms with Crippen LogP contribution in [0.2, 0.25) is 0 Å². The minimum atomic E-state index is 0.649. The van der Waals surface area contributed by atoms with Crippen LogP contribution in [0.1, 0.15) is 58.8 Å². The summed E-state index contributed by atoms with van der Waals surface area (Å²) < 4.78 is 0. The summed E-state index contributed by atoms with van der Waals surface area (Å²) in [5.74, 6) is 2.34. The zero-order valence-electron chi connectivity index (χ0n) is 13.3. The van der Waals surface area contributed by atoms with Crippen LogP contribution in [0.4, 0.5) is 0 Å². The Morgan fingerprint density at radius 2 is 1.63 bits per heavy atom. The molecule has 0 unspecified atom stereocenters. The summed E-state index contributed by atoms with van der Waals surface area (Å²) in [6, 6.07) is 0.649. The topological polar surface area (TPSA) is 38.0 Å². The molecule has 0 aromatic rings. The molecule has 0 spiro atoms. The summed E-state index contributed by atoms with van der Waals surface area (Å²) in [6.45, 7) is 6.42. The Bertz CT molecular complexity index is 138. The molecule has 3 N–H and O–H groups in total. The monoisotopic (exact) mass is 308 g/mol. The van der Waals surface area contributed by atoms with Gasteiger partial charge in [-0.05, 0) is 56.5 Å². The molecule has 0 fully saturated rings. The predicted molar refractivity (Wildman–Crippen MR) is 96.7 cm³/mol. The standard InChI is InChI=1S/C9H21NS.C6H15NS/c1-9(2)10-7-5-4-6-8-11-3;7-5-3-1-2-4-6-8/h9-10H,4-8H2,1-3H3;8H,1-7H2. The third-order valence-corrected chi connectivity index (χ3v) is 3.70. The summed E-state index contributed by atoms with van der Waals surface area (Å²) in [5.41, 5.74) is 5.29. The number of thiol groups is 1. The Kier molecular flexibility index (Phi) is 24.1. The van der Waals surface area contributed by atoms with Gasteiger partial charge in [-0.2, -0.15) is 24.4 Å². The highest BCUT2D eigenvalue weighted by Gasteiger charge is 1.91. The SMILES string of the molecule is CSCCCCCNC(C)C.NCCCCCCS. The van der Waals surface area contributed by atoms with Crippen molar-refractivity contribution in [2.75, 3.05) is 30.9 Å². The minimum Gasteiger partial charge on any atom is -0.330 e. The quantitative estimate of drug-likeness (QED) is 0.377. The molecule has 0 aliphatic carbocycles. The summed E-state index contributed by atoms with van der Waals surface area (Å²) >= 11 is 6.04. The molecule has 0 aromatic carbocycles. The van der Waals surface area contributed by atoms with Gasteiger partial charge in [-0.25, -0.2) is 0 Å². The highest BCUT2D eigenvalue weighted by atomic mass is 32.2. The lowest BCUT2D eigenvalue weighted by atomic mass is 10.2. The van der Waals surface area contributed by atoms with Crippen LogP contribution >= 0.6 is 24.4 Å². The van der Waals surface area contributed by atoms with E-state index in [0.717, 1.165) is 12.3 Å². The van der Waals surface area contributed by atoms with Gasteiger partial charge in [0, 0.05) is 6.04 Å². The molecule has 0 rings (SSSR count). The summed E-state index contributed by atoms with van der Waals surface area (Å²) in [4.78, 5) is 0. The zero-order valence-corrected chi connectivity index (χ0v) is 15.0. The molecular formula is C15H36N2S2. The van der Waals surface area contributed by atoms with Gasteiger partial charge in [0.25, 0.3) is 0 Å². The smallest absolute Gasteiger partial charge is 0.00103 e. The summed E-state index contributed by atoms with van der Waals surface area (Å²) in [6.07, 6.45) is 11.2. The number of thioether (sulfide) groups is 1. The fraction of sp³-hybridized carbons (Fsp3) is 1.00. The van der Waals surface area contributed by atoms with Crippen molar-refractivity contribution in [3.8, 4) is 0 Å². The number of nitrogens with two attached hydrogens (primary N) is 1. The van der Waals surface area contributed by atoms with Crippen molar-refractivity contribution in [3.63, 3.8) is 0 Å². The van der Waals surface area contributed by atoms with Crippen molar-refractivity contribution in [2.45, 2.75) is 64.8 Å². The number of rotatable bonds is 12. The van der Waals surface area contributed by atoms with E-state index in [4.69, 9.17) is 5.73 Å². The average Bonchev–Trinajstić information content (AvgIpc) is 2.39. The van der Waals surface area contributed by atoms with Gasteiger partial charge >= 0.3 is 0 Å². The van der Waals surface area contributed by atoms with Gasteiger partial charge in [0.2, 0.25) is 0 Å². The Hall–Kier alpha value is 0.620. The van der Waals surface area contributed by atoms with E-state index in [1.807, 2.05) is 11.8 Å². The van der Waals surface area contributed by atoms with E-state index in [9.17, 15) is 0 Å². The molecule has 0 amide bonds. The van der Waals surface area contributed by atoms with Gasteiger partial charge in [-0.15, -0.1) is 0 Å². The lowest BCUT2D eigenvalue weighted by Crippen LogP contribution is -2.23. The fourth-order valence-electron chi connectivity index (χ4n) is 1.55. The maximum absolute atomic E-state index is 5.29. The van der Waals surface area contributed by atoms with Crippen LogP contribution < -0.4 is 11.1 Å². The van der Waals surface area contributed by atoms with Crippen molar-refractivity contribution >= 4 is 24.4 Å². The van der Waals surface area contributed by atoms with E-state index < -0.39 is 0 Å². The van der Waals surface area contributed by atoms with E-state index >= 15 is 0 Å². The van der Waals surface area contributed by atoms with Crippen molar-refractivity contribution in [1.29, 1.82) is 0 Å². The van der Waals surface area contributed by atoms with E-state index in [1.165, 1.54) is 57.2 Å². The zero-order chi connectivity index (χ0) is 14.8. The van der Waals surface area contributed by atoms with Gasteiger partial charge in [0.05, 0.1) is 0 Å². The predicted octanol–water partition coefficient (Wildman–Crippen LogP) is 3.95. The lowest BCUT2D eigenvalue weighted by molar-refractivity contribution is 0.555. The van der Waals surface area contributed by atoms with Gasteiger partial charge < -0.3 is 11.1 Å². The first-order valence-electron chi connectivity index (χ1n) is 7.72. The van der Waals surface area contributed by atoms with Crippen LogP contribution in [0.3, 0.4) is 0 Å². The molecule has 19 heavy (non-hydrogen) atoms. The fourth-order valence-corrected chi connectivity index (χ4v) is 2.27. The molecule has 2 nitrogen and oxygen atoms in total. The van der Waals surface area contributed by atoms with Crippen LogP contribution in [-0.4, -0.2) is 36.9 Å². The van der Waals surface area contributed by atoms with Crippen molar-refractivity contribution in [1.82, 2.24) is 5.32 Å². The molecule has 0 atom stereocenters. The van der Waals surface area contributed by atoms with Crippen LogP contribution in [0.25, 0.3) is 0 Å². The van der Waals surface area contributed by atoms with Crippen molar-refractivity contribution in [3.05, 3.63) is 0 Å². The molecule has 0 aliphatic rings. The Morgan fingerprint density at radius 1 is 1.00 bits per heavy atom. The van der Waals surface area contributed by atoms with Crippen molar-refractivity contribution in [2.24, 2.45) is 5.73 Å². The summed E-state index contributed by atoms with van der Waals surface area (Å²) in [7, 11) is 0. The van der Waals surface area contributed by atoms with Gasteiger partial charge in [-0.3, -0.25) is 0 Å². The van der Waals surface area contributed by atoms with E-state index in [1.54, 1.807) is 0 Å². The maximum atomic E-state index is 5.29. The van der Waals surface area contributed by atoms with E-state index in [2.05, 4.69) is 38.0 Å². The van der Waals surface area contributed by atoms with Crippen LogP contribution in [-0.2, 0) is 0 Å². The number of unbranched alkanes of at least 4 members (excludes halogenated alkanes) is 5. The average molecular weight is 309 g/mol. The third kappa shape index (κ3) is 27.7. The highest BCUT2D eigenvalue weighted by molar-refractivity contribution is 7.98. The first kappa shape index (κ1) is 21.9. The molecule has 0 saturated carbocycles. The molecule has 0 saturated heterocycles. The third-order valence-electron chi connectivity index (χ3n) is 2.69. The highest BCUT2D eigenvalue weighted by Crippen LogP contribution is 2.01. The molecular weight excluding hydrogens is 272 g/mol. The van der Waals surface area contributed by atoms with Crippen LogP contribution in [0, 0.1) is 0 Å². The second-order valence-electron chi connectivity index (χ2n) is 5.09. The minimum absolute atomic E-state index is 0.649. The summed E-state index contributed by atoms with van der Waals surface area (Å²) in [5, 5.41) is 3.42. The van der Waals surface area contributed by atoms with E-state index in [0.29, 0.717) is 6.04 Å². The second kappa shape index (κ2) is 20.9. The van der Waals surface area contributed by atoms with Gasteiger partial charge in [0.1, 0.15) is 0 Å². The van der Waals surface area contributed by atoms with Crippen molar-refractivity contribution < 1.29 is 0 Å². The Morgan fingerprint density at radius 3 is 2.16 bits per heavy atom. The first-order valence-corrected chi connectivity index (χ1v) is 9.74. The molecule has 0 radical (unpaired) electrons. The van der Waals surface area contributed by atoms with Crippen LogP contribution in [0.5, 0.6) is 0 Å². The normalized spacial score (nSPS) is 10.4. The van der Waals surface area contributed by atoms with Gasteiger partial charge in [-0.1, -0.05) is 33.1 Å². The number of nitrogens with one attached hydrogen (secondary N) is 1. The Labute approximate surface area is 131 Å². The van der Waals surface area contributed by atoms with Gasteiger partial charge in [0.15, 0.2) is 0 Å². The molecule has 0 aliphatic heterocycles. The molecule has 0 aromatic heterocycles.